The largest absolute Gasteiger partial charge is 0.382 e. The number of aromatic nitrogens is 4. The molecule has 3 heterocycles. The second-order valence-electron chi connectivity index (χ2n) is 6.95. The van der Waals surface area contributed by atoms with Crippen LogP contribution in [0.15, 0.2) is 59.3 Å². The Labute approximate surface area is 183 Å². The van der Waals surface area contributed by atoms with Gasteiger partial charge in [0.05, 0.1) is 23.6 Å². The van der Waals surface area contributed by atoms with Gasteiger partial charge in [0.1, 0.15) is 5.15 Å². The first-order valence-electron chi connectivity index (χ1n) is 9.51. The van der Waals surface area contributed by atoms with Crippen LogP contribution in [-0.4, -0.2) is 26.0 Å². The first-order valence-corrected chi connectivity index (χ1v) is 9.89. The van der Waals surface area contributed by atoms with Crippen molar-refractivity contribution in [3.63, 3.8) is 0 Å². The average molecular weight is 435 g/mol. The number of benzene rings is 1. The van der Waals surface area contributed by atoms with Crippen LogP contribution in [0.1, 0.15) is 34.9 Å². The van der Waals surface area contributed by atoms with E-state index in [4.69, 9.17) is 21.9 Å². The maximum absolute atomic E-state index is 12.9. The van der Waals surface area contributed by atoms with Gasteiger partial charge >= 0.3 is 0 Å². The Bertz CT molecular complexity index is 1210. The molecule has 0 aliphatic carbocycles. The smallest absolute Gasteiger partial charge is 0.274 e. The van der Waals surface area contributed by atoms with Crippen LogP contribution in [-0.2, 0) is 0 Å². The average Bonchev–Trinajstić information content (AvgIpc) is 3.28. The second-order valence-corrected chi connectivity index (χ2v) is 7.34. The Morgan fingerprint density at radius 2 is 1.81 bits per heavy atom. The van der Waals surface area contributed by atoms with Crippen LogP contribution in [0.5, 0.6) is 0 Å². The van der Waals surface area contributed by atoms with Crippen molar-refractivity contribution in [1.82, 2.24) is 25.4 Å². The number of halogens is 1. The van der Waals surface area contributed by atoms with Gasteiger partial charge in [0, 0.05) is 22.9 Å². The number of carbonyl (C=O) groups is 1. The minimum Gasteiger partial charge on any atom is -0.382 e. The number of rotatable bonds is 5. The lowest BCUT2D eigenvalue weighted by Gasteiger charge is -2.15. The van der Waals surface area contributed by atoms with Gasteiger partial charge in [-0.2, -0.15) is 0 Å². The van der Waals surface area contributed by atoms with E-state index >= 15 is 0 Å². The van der Waals surface area contributed by atoms with Crippen LogP contribution in [0.4, 0.5) is 5.82 Å². The Kier molecular flexibility index (Phi) is 5.64. The molecule has 1 amide bonds. The Balaban J connectivity index is 1.81. The summed E-state index contributed by atoms with van der Waals surface area (Å²) in [6, 6.07) is 14.2. The molecular formula is C22H19ClN6O2. The van der Waals surface area contributed by atoms with Gasteiger partial charge in [-0.25, -0.2) is 15.0 Å². The lowest BCUT2D eigenvalue weighted by atomic mass is 10.0. The van der Waals surface area contributed by atoms with Gasteiger partial charge in [-0.1, -0.05) is 47.1 Å². The Morgan fingerprint density at radius 1 is 1.06 bits per heavy atom. The number of nitrogens with zero attached hydrogens (tertiary/aromatic N) is 4. The van der Waals surface area contributed by atoms with Crippen molar-refractivity contribution < 1.29 is 9.32 Å². The highest BCUT2D eigenvalue weighted by molar-refractivity contribution is 6.29. The third kappa shape index (κ3) is 4.39. The molecule has 156 valence electrons. The SMILES string of the molecule is Cc1cc(-c2nc(C(=O)NC(C)c3ccno3)c(N)nc2-c2ccccc2)cc(Cl)n1. The summed E-state index contributed by atoms with van der Waals surface area (Å²) in [6.07, 6.45) is 1.51. The molecule has 31 heavy (non-hydrogen) atoms. The van der Waals surface area contributed by atoms with E-state index in [9.17, 15) is 4.79 Å². The number of nitrogens with two attached hydrogens (primary N) is 1. The first-order chi connectivity index (χ1) is 14.9. The van der Waals surface area contributed by atoms with E-state index in [1.807, 2.05) is 43.3 Å². The van der Waals surface area contributed by atoms with Crippen LogP contribution in [0.2, 0.25) is 5.15 Å². The van der Waals surface area contributed by atoms with Crippen molar-refractivity contribution in [2.75, 3.05) is 5.73 Å². The van der Waals surface area contributed by atoms with Crippen LogP contribution in [0, 0.1) is 6.92 Å². The minimum absolute atomic E-state index is 0.00614. The molecule has 0 bridgehead atoms. The highest BCUT2D eigenvalue weighted by Gasteiger charge is 2.22. The maximum Gasteiger partial charge on any atom is 0.274 e. The summed E-state index contributed by atoms with van der Waals surface area (Å²) in [5.41, 5.74) is 9.38. The Hall–Kier alpha value is -3.78. The third-order valence-electron chi connectivity index (χ3n) is 4.61. The van der Waals surface area contributed by atoms with Crippen LogP contribution < -0.4 is 11.1 Å². The molecular weight excluding hydrogens is 416 g/mol. The van der Waals surface area contributed by atoms with Crippen molar-refractivity contribution in [3.05, 3.63) is 77.0 Å². The van der Waals surface area contributed by atoms with Crippen LogP contribution >= 0.6 is 11.6 Å². The highest BCUT2D eigenvalue weighted by Crippen LogP contribution is 2.32. The summed E-state index contributed by atoms with van der Waals surface area (Å²) < 4.78 is 5.11. The van der Waals surface area contributed by atoms with Crippen molar-refractivity contribution in [3.8, 4) is 22.5 Å². The van der Waals surface area contributed by atoms with Gasteiger partial charge in [-0.05, 0) is 26.0 Å². The van der Waals surface area contributed by atoms with E-state index in [1.54, 1.807) is 19.1 Å². The molecule has 0 fully saturated rings. The predicted molar refractivity (Wildman–Crippen MR) is 117 cm³/mol. The molecule has 0 aliphatic heterocycles. The van der Waals surface area contributed by atoms with Gasteiger partial charge in [-0.15, -0.1) is 0 Å². The molecule has 0 saturated heterocycles. The minimum atomic E-state index is -0.480. The number of carbonyl (C=O) groups excluding carboxylic acids is 1. The van der Waals surface area contributed by atoms with E-state index in [0.29, 0.717) is 33.6 Å². The van der Waals surface area contributed by atoms with E-state index in [0.717, 1.165) is 5.56 Å². The summed E-state index contributed by atoms with van der Waals surface area (Å²) in [5.74, 6) is 0.0472. The normalized spacial score (nSPS) is 11.8. The quantitative estimate of drug-likeness (QED) is 0.451. The Morgan fingerprint density at radius 3 is 2.48 bits per heavy atom. The van der Waals surface area contributed by atoms with Crippen molar-refractivity contribution in [2.24, 2.45) is 0 Å². The molecule has 0 aliphatic rings. The standard InChI is InChI=1S/C22H19ClN6O2/c1-12-10-15(11-17(23)26-12)19-18(14-6-4-3-5-7-14)29-21(24)20(28-19)22(30)27-13(2)16-8-9-25-31-16/h3-11,13H,1-2H3,(H2,24,29)(H,27,30). The number of hydrogen-bond acceptors (Lipinski definition) is 7. The fourth-order valence-electron chi connectivity index (χ4n) is 3.16. The summed E-state index contributed by atoms with van der Waals surface area (Å²) in [5, 5.41) is 6.78. The molecule has 9 heteroatoms. The van der Waals surface area contributed by atoms with E-state index in [1.165, 1.54) is 6.20 Å². The second kappa shape index (κ2) is 8.53. The zero-order valence-electron chi connectivity index (χ0n) is 16.8. The molecule has 0 spiro atoms. The van der Waals surface area contributed by atoms with Crippen molar-refractivity contribution in [2.45, 2.75) is 19.9 Å². The lowest BCUT2D eigenvalue weighted by Crippen LogP contribution is -2.28. The van der Waals surface area contributed by atoms with Gasteiger partial charge in [0.2, 0.25) is 0 Å². The number of pyridine rings is 1. The maximum atomic E-state index is 12.9. The van der Waals surface area contributed by atoms with Gasteiger partial charge < -0.3 is 15.6 Å². The van der Waals surface area contributed by atoms with Gasteiger partial charge in [0.25, 0.3) is 5.91 Å². The fraction of sp³-hybridized carbons (Fsp3) is 0.136. The summed E-state index contributed by atoms with van der Waals surface area (Å²) in [6.45, 7) is 3.60. The molecule has 1 unspecified atom stereocenters. The molecule has 3 N–H and O–H groups in total. The number of hydrogen-bond donors (Lipinski definition) is 2. The monoisotopic (exact) mass is 434 g/mol. The summed E-state index contributed by atoms with van der Waals surface area (Å²) in [7, 11) is 0. The molecule has 4 aromatic rings. The molecule has 0 radical (unpaired) electrons. The molecule has 1 atom stereocenters. The summed E-state index contributed by atoms with van der Waals surface area (Å²) >= 11 is 6.18. The zero-order chi connectivity index (χ0) is 22.0. The van der Waals surface area contributed by atoms with Crippen molar-refractivity contribution in [1.29, 1.82) is 0 Å². The molecule has 0 saturated carbocycles. The molecule has 8 nitrogen and oxygen atoms in total. The summed E-state index contributed by atoms with van der Waals surface area (Å²) in [4.78, 5) is 26.3. The molecule has 1 aromatic carbocycles. The highest BCUT2D eigenvalue weighted by atomic mass is 35.5. The zero-order valence-corrected chi connectivity index (χ0v) is 17.6. The lowest BCUT2D eigenvalue weighted by molar-refractivity contribution is 0.0929. The number of anilines is 1. The molecule has 3 aromatic heterocycles. The fourth-order valence-corrected chi connectivity index (χ4v) is 3.41. The number of aryl methyl sites for hydroxylation is 1. The van der Waals surface area contributed by atoms with Crippen LogP contribution in [0.25, 0.3) is 22.5 Å². The number of nitrogen functional groups attached to an aromatic ring is 1. The van der Waals surface area contributed by atoms with Crippen molar-refractivity contribution >= 4 is 23.3 Å². The third-order valence-corrected chi connectivity index (χ3v) is 4.81. The number of nitrogens with one attached hydrogen (secondary N) is 1. The van der Waals surface area contributed by atoms with Crippen LogP contribution in [0.3, 0.4) is 0 Å². The van der Waals surface area contributed by atoms with Gasteiger partial charge in [0.15, 0.2) is 17.3 Å². The predicted octanol–water partition coefficient (Wildman–Crippen LogP) is 4.23. The topological polar surface area (TPSA) is 120 Å². The van der Waals surface area contributed by atoms with Gasteiger partial charge in [-0.3, -0.25) is 4.79 Å². The van der Waals surface area contributed by atoms with E-state index in [-0.39, 0.29) is 11.5 Å². The first kappa shape index (κ1) is 20.5. The number of amides is 1. The van der Waals surface area contributed by atoms with E-state index < -0.39 is 11.9 Å². The van der Waals surface area contributed by atoms with E-state index in [2.05, 4.69) is 25.4 Å². The molecule has 4 rings (SSSR count).